The molecule has 0 unspecified atom stereocenters. The Morgan fingerprint density at radius 2 is 1.73 bits per heavy atom. The third kappa shape index (κ3) is 3.95. The van der Waals surface area contributed by atoms with Gasteiger partial charge in [-0.25, -0.2) is 4.79 Å². The smallest absolute Gasteiger partial charge is 0.323 e. The largest absolute Gasteiger partial charge is 0.462 e. The summed E-state index contributed by atoms with van der Waals surface area (Å²) in [6, 6.07) is 13.2. The van der Waals surface area contributed by atoms with Crippen LogP contribution in [0.15, 0.2) is 42.5 Å². The highest BCUT2D eigenvalue weighted by molar-refractivity contribution is 5.99. The zero-order chi connectivity index (χ0) is 20.6. The number of fused-ring (bicyclic) bond motifs is 1. The van der Waals surface area contributed by atoms with Crippen molar-refractivity contribution in [3.8, 4) is 5.75 Å². The maximum Gasteiger partial charge on any atom is 0.323 e. The van der Waals surface area contributed by atoms with Crippen LogP contribution < -0.4 is 21.1 Å². The first kappa shape index (κ1) is 19.2. The van der Waals surface area contributed by atoms with Crippen LogP contribution in [0.1, 0.15) is 37.7 Å². The van der Waals surface area contributed by atoms with Crippen LogP contribution in [0.5, 0.6) is 5.75 Å². The van der Waals surface area contributed by atoms with Gasteiger partial charge in [0.2, 0.25) is 5.79 Å². The number of anilines is 3. The summed E-state index contributed by atoms with van der Waals surface area (Å²) in [4.78, 5) is 14.9. The van der Waals surface area contributed by atoms with Crippen LogP contribution in [0.3, 0.4) is 0 Å². The molecule has 0 radical (unpaired) electrons. The highest BCUT2D eigenvalue weighted by atomic mass is 16.7. The first-order valence-corrected chi connectivity index (χ1v) is 10.7. The normalized spacial score (nSPS) is 20.7. The number of carbonyl (C=O) groups is 1. The van der Waals surface area contributed by atoms with Gasteiger partial charge in [0, 0.05) is 54.6 Å². The zero-order valence-corrected chi connectivity index (χ0v) is 17.0. The first-order valence-electron chi connectivity index (χ1n) is 10.7. The molecule has 5 rings (SSSR count). The molecule has 0 atom stereocenters. The Kier molecular flexibility index (Phi) is 5.00. The molecule has 2 amide bonds. The van der Waals surface area contributed by atoms with Crippen LogP contribution in [0.2, 0.25) is 0 Å². The van der Waals surface area contributed by atoms with E-state index in [9.17, 15) is 4.79 Å². The monoisotopic (exact) mass is 408 g/mol. The van der Waals surface area contributed by atoms with Gasteiger partial charge in [-0.05, 0) is 55.3 Å². The first-order chi connectivity index (χ1) is 14.6. The molecule has 7 heteroatoms. The lowest BCUT2D eigenvalue weighted by atomic mass is 9.89. The number of ether oxygens (including phenoxy) is 2. The second-order valence-electron chi connectivity index (χ2n) is 8.45. The number of hydrogen-bond donors (Lipinski definition) is 3. The van der Waals surface area contributed by atoms with Gasteiger partial charge in [0.15, 0.2) is 0 Å². The molecule has 1 saturated carbocycles. The zero-order valence-electron chi connectivity index (χ0n) is 17.0. The van der Waals surface area contributed by atoms with E-state index >= 15 is 0 Å². The number of rotatable bonds is 3. The van der Waals surface area contributed by atoms with Crippen LogP contribution in [0.4, 0.5) is 21.9 Å². The number of urea groups is 1. The molecule has 2 heterocycles. The van der Waals surface area contributed by atoms with E-state index in [1.807, 2.05) is 18.2 Å². The summed E-state index contributed by atoms with van der Waals surface area (Å²) in [5.74, 6) is 0.345. The van der Waals surface area contributed by atoms with E-state index < -0.39 is 5.79 Å². The third-order valence-corrected chi connectivity index (χ3v) is 6.42. The molecule has 1 spiro atoms. The maximum atomic E-state index is 12.3. The number of amides is 2. The summed E-state index contributed by atoms with van der Waals surface area (Å²) in [5, 5.41) is 5.65. The summed E-state index contributed by atoms with van der Waals surface area (Å²) < 4.78 is 12.5. The second kappa shape index (κ2) is 7.81. The summed E-state index contributed by atoms with van der Waals surface area (Å²) in [7, 11) is 0. The average molecular weight is 409 g/mol. The van der Waals surface area contributed by atoms with Crippen molar-refractivity contribution in [1.82, 2.24) is 4.90 Å². The fourth-order valence-electron chi connectivity index (χ4n) is 4.40. The number of hydrogen-bond acceptors (Lipinski definition) is 5. The molecule has 0 bridgehead atoms. The van der Waals surface area contributed by atoms with Gasteiger partial charge in [0.25, 0.3) is 0 Å². The number of nitrogens with zero attached hydrogens (tertiary/aromatic N) is 1. The standard InChI is InChI=1S/C23H28N4O3/c24-17-4-6-18(7-5-17)25-22(28)26-19-8-9-21-16(14-19)15-29-23(30-21)10-12-27(13-11-23)20-2-1-3-20/h4-9,14,20H,1-3,10-13,15,24H2,(H2,25,26,28). The lowest BCUT2D eigenvalue weighted by molar-refractivity contribution is -0.231. The Morgan fingerprint density at radius 3 is 2.43 bits per heavy atom. The van der Waals surface area contributed by atoms with E-state index in [-0.39, 0.29) is 6.03 Å². The molecule has 2 aromatic carbocycles. The van der Waals surface area contributed by atoms with E-state index in [4.69, 9.17) is 15.2 Å². The highest BCUT2D eigenvalue weighted by Gasteiger charge is 2.42. The lowest BCUT2D eigenvalue weighted by Gasteiger charge is -2.47. The number of carbonyl (C=O) groups excluding carboxylic acids is 1. The Labute approximate surface area is 176 Å². The Hall–Kier alpha value is -2.77. The van der Waals surface area contributed by atoms with Crippen molar-refractivity contribution < 1.29 is 14.3 Å². The van der Waals surface area contributed by atoms with Crippen LogP contribution in [-0.2, 0) is 11.3 Å². The predicted octanol–water partition coefficient (Wildman–Crippen LogP) is 4.17. The van der Waals surface area contributed by atoms with Gasteiger partial charge in [-0.2, -0.15) is 0 Å². The number of likely N-dealkylation sites (tertiary alicyclic amines) is 1. The molecule has 1 saturated heterocycles. The second-order valence-corrected chi connectivity index (χ2v) is 8.45. The quantitative estimate of drug-likeness (QED) is 0.664. The number of nitrogens with two attached hydrogens (primary N) is 1. The SMILES string of the molecule is Nc1ccc(NC(=O)Nc2ccc3c(c2)COC2(CCN(C4CCC4)CC2)O3)cc1. The number of nitrogens with one attached hydrogen (secondary N) is 2. The summed E-state index contributed by atoms with van der Waals surface area (Å²) >= 11 is 0. The minimum absolute atomic E-state index is 0.308. The van der Waals surface area contributed by atoms with Crippen LogP contribution in [0.25, 0.3) is 0 Å². The minimum Gasteiger partial charge on any atom is -0.462 e. The average Bonchev–Trinajstić information content (AvgIpc) is 2.70. The Bertz CT molecular complexity index is 919. The molecule has 4 N–H and O–H groups in total. The van der Waals surface area contributed by atoms with Crippen molar-refractivity contribution in [2.75, 3.05) is 29.5 Å². The van der Waals surface area contributed by atoms with Gasteiger partial charge in [0.05, 0.1) is 6.61 Å². The Morgan fingerprint density at radius 1 is 1.03 bits per heavy atom. The van der Waals surface area contributed by atoms with Crippen molar-refractivity contribution in [3.05, 3.63) is 48.0 Å². The van der Waals surface area contributed by atoms with Crippen LogP contribution >= 0.6 is 0 Å². The molecule has 1 aliphatic carbocycles. The summed E-state index contributed by atoms with van der Waals surface area (Å²) in [5.41, 5.74) is 8.66. The van der Waals surface area contributed by atoms with Gasteiger partial charge in [-0.15, -0.1) is 0 Å². The predicted molar refractivity (Wildman–Crippen MR) is 117 cm³/mol. The maximum absolute atomic E-state index is 12.3. The number of piperidine rings is 1. The molecular weight excluding hydrogens is 380 g/mol. The molecule has 158 valence electrons. The molecule has 2 aliphatic heterocycles. The van der Waals surface area contributed by atoms with Crippen molar-refractivity contribution in [3.63, 3.8) is 0 Å². The fraction of sp³-hybridized carbons (Fsp3) is 0.435. The lowest BCUT2D eigenvalue weighted by Crippen LogP contribution is -2.54. The van der Waals surface area contributed by atoms with E-state index in [0.29, 0.717) is 23.7 Å². The van der Waals surface area contributed by atoms with E-state index in [2.05, 4.69) is 15.5 Å². The molecule has 2 fully saturated rings. The number of nitrogen functional groups attached to an aromatic ring is 1. The summed E-state index contributed by atoms with van der Waals surface area (Å²) in [6.07, 6.45) is 5.82. The van der Waals surface area contributed by atoms with Crippen molar-refractivity contribution in [2.24, 2.45) is 0 Å². The molecule has 7 nitrogen and oxygen atoms in total. The van der Waals surface area contributed by atoms with Crippen molar-refractivity contribution in [2.45, 2.75) is 50.5 Å². The van der Waals surface area contributed by atoms with Crippen LogP contribution in [-0.4, -0.2) is 35.8 Å². The number of benzene rings is 2. The minimum atomic E-state index is -0.505. The summed E-state index contributed by atoms with van der Waals surface area (Å²) in [6.45, 7) is 2.56. The molecule has 30 heavy (non-hydrogen) atoms. The fourth-order valence-corrected chi connectivity index (χ4v) is 4.40. The van der Waals surface area contributed by atoms with Gasteiger partial charge in [-0.3, -0.25) is 4.90 Å². The van der Waals surface area contributed by atoms with Crippen molar-refractivity contribution in [1.29, 1.82) is 0 Å². The van der Waals surface area contributed by atoms with E-state index in [0.717, 1.165) is 43.3 Å². The molecular formula is C23H28N4O3. The van der Waals surface area contributed by atoms with E-state index in [1.54, 1.807) is 24.3 Å². The molecule has 2 aromatic rings. The Balaban J connectivity index is 1.19. The topological polar surface area (TPSA) is 88.8 Å². The van der Waals surface area contributed by atoms with Gasteiger partial charge in [0.1, 0.15) is 5.75 Å². The van der Waals surface area contributed by atoms with Gasteiger partial charge < -0.3 is 25.8 Å². The van der Waals surface area contributed by atoms with Crippen LogP contribution in [0, 0.1) is 0 Å². The van der Waals surface area contributed by atoms with Crippen molar-refractivity contribution >= 4 is 23.1 Å². The highest BCUT2D eigenvalue weighted by Crippen LogP contribution is 2.40. The third-order valence-electron chi connectivity index (χ3n) is 6.42. The molecule has 3 aliphatic rings. The van der Waals surface area contributed by atoms with Gasteiger partial charge in [-0.1, -0.05) is 6.42 Å². The van der Waals surface area contributed by atoms with Gasteiger partial charge >= 0.3 is 6.03 Å². The van der Waals surface area contributed by atoms with E-state index in [1.165, 1.54) is 19.3 Å². The molecule has 0 aromatic heterocycles.